The van der Waals surface area contributed by atoms with Crippen LogP contribution in [0.25, 0.3) is 0 Å². The number of carbonyl (C=O) groups excluding carboxylic acids is 1. The van der Waals surface area contributed by atoms with Crippen molar-refractivity contribution in [2.45, 2.75) is 37.7 Å². The Labute approximate surface area is 140 Å². The number of methoxy groups -OCH3 is 1. The third kappa shape index (κ3) is 5.41. The van der Waals surface area contributed by atoms with Crippen molar-refractivity contribution in [3.05, 3.63) is 23.0 Å². The maximum atomic E-state index is 12.0. The second-order valence-corrected chi connectivity index (χ2v) is 7.01. The van der Waals surface area contributed by atoms with E-state index in [9.17, 15) is 4.79 Å². The monoisotopic (exact) mass is 343 g/mol. The van der Waals surface area contributed by atoms with E-state index in [0.717, 1.165) is 37.1 Å². The predicted molar refractivity (Wildman–Crippen MR) is 89.3 cm³/mol. The fourth-order valence-electron chi connectivity index (χ4n) is 2.45. The lowest BCUT2D eigenvalue weighted by Gasteiger charge is -2.35. The number of aromatic nitrogens is 2. The fraction of sp³-hybridized carbons (Fsp3) is 0.667. The van der Waals surface area contributed by atoms with Crippen LogP contribution < -0.4 is 5.32 Å². The van der Waals surface area contributed by atoms with Crippen LogP contribution in [-0.2, 0) is 16.0 Å². The van der Waals surface area contributed by atoms with Gasteiger partial charge in [-0.25, -0.2) is 0 Å². The van der Waals surface area contributed by atoms with Crippen LogP contribution in [0.3, 0.4) is 0 Å². The van der Waals surface area contributed by atoms with Gasteiger partial charge in [-0.1, -0.05) is 11.6 Å². The minimum Gasteiger partial charge on any atom is -0.376 e. The molecule has 1 atom stereocenters. The highest BCUT2D eigenvalue weighted by Gasteiger charge is 2.32. The molecule has 0 spiro atoms. The second kappa shape index (κ2) is 8.70. The lowest BCUT2D eigenvalue weighted by Crippen LogP contribution is -2.48. The number of hydrogen-bond acceptors (Lipinski definition) is 5. The first-order chi connectivity index (χ1) is 10.6. The first-order valence-corrected chi connectivity index (χ1v) is 9.04. The number of thioether (sulfide) groups is 1. The molecule has 2 heterocycles. The molecule has 0 radical (unpaired) electrons. The average Bonchev–Trinajstić information content (AvgIpc) is 2.56. The molecule has 5 nitrogen and oxygen atoms in total. The Bertz CT molecular complexity index is 478. The van der Waals surface area contributed by atoms with Crippen LogP contribution in [0.15, 0.2) is 12.1 Å². The topological polar surface area (TPSA) is 64.1 Å². The van der Waals surface area contributed by atoms with Gasteiger partial charge in [0, 0.05) is 25.8 Å². The fourth-order valence-corrected chi connectivity index (χ4v) is 3.78. The number of carbonyl (C=O) groups is 1. The Morgan fingerprint density at radius 1 is 1.50 bits per heavy atom. The Balaban J connectivity index is 1.68. The van der Waals surface area contributed by atoms with Crippen LogP contribution >= 0.6 is 23.4 Å². The summed E-state index contributed by atoms with van der Waals surface area (Å²) in [6.07, 6.45) is 4.11. The molecule has 1 aromatic rings. The van der Waals surface area contributed by atoms with Crippen molar-refractivity contribution < 1.29 is 9.53 Å². The van der Waals surface area contributed by atoms with E-state index in [-0.39, 0.29) is 11.5 Å². The van der Waals surface area contributed by atoms with E-state index < -0.39 is 0 Å². The third-order valence-corrected chi connectivity index (χ3v) is 5.36. The highest BCUT2D eigenvalue weighted by Crippen LogP contribution is 2.29. The van der Waals surface area contributed by atoms with E-state index >= 15 is 0 Å². The van der Waals surface area contributed by atoms with Crippen LogP contribution in [0.1, 0.15) is 31.4 Å². The summed E-state index contributed by atoms with van der Waals surface area (Å²) < 4.78 is 5.65. The zero-order chi connectivity index (χ0) is 15.8. The van der Waals surface area contributed by atoms with Gasteiger partial charge in [0.05, 0.1) is 11.3 Å². The number of ether oxygens (including phenoxy) is 1. The Morgan fingerprint density at radius 3 is 3.00 bits per heavy atom. The Kier molecular flexibility index (Phi) is 6.92. The van der Waals surface area contributed by atoms with Crippen molar-refractivity contribution in [2.75, 3.05) is 25.2 Å². The van der Waals surface area contributed by atoms with E-state index in [2.05, 4.69) is 15.5 Å². The molecule has 0 saturated carbocycles. The minimum absolute atomic E-state index is 0.0638. The summed E-state index contributed by atoms with van der Waals surface area (Å²) in [4.78, 5) is 12.0. The third-order valence-electron chi connectivity index (χ3n) is 3.85. The second-order valence-electron chi connectivity index (χ2n) is 5.52. The van der Waals surface area contributed by atoms with Crippen molar-refractivity contribution in [2.24, 2.45) is 0 Å². The normalized spacial score (nSPS) is 21.5. The molecule has 1 aromatic heterocycles. The molecule has 1 amide bonds. The Morgan fingerprint density at radius 2 is 2.36 bits per heavy atom. The summed E-state index contributed by atoms with van der Waals surface area (Å²) in [5.74, 6) is 2.19. The molecule has 122 valence electrons. The molecule has 1 aliphatic heterocycles. The standard InChI is InChI=1S/C15H22ClN3O2S/c1-21-15(8-3-9-22-11-15)10-17-14(20)5-2-4-12-6-7-13(16)19-18-12/h6-7H,2-5,8-11H2,1H3,(H,17,20). The Hall–Kier alpha value is -0.850. The molecule has 22 heavy (non-hydrogen) atoms. The molecule has 1 N–H and O–H groups in total. The van der Waals surface area contributed by atoms with Gasteiger partial charge in [0.1, 0.15) is 0 Å². The quantitative estimate of drug-likeness (QED) is 0.824. The average molecular weight is 344 g/mol. The van der Waals surface area contributed by atoms with E-state index in [1.54, 1.807) is 13.2 Å². The molecule has 7 heteroatoms. The van der Waals surface area contributed by atoms with Gasteiger partial charge in [0.25, 0.3) is 0 Å². The van der Waals surface area contributed by atoms with E-state index in [0.29, 0.717) is 18.1 Å². The van der Waals surface area contributed by atoms with Crippen LogP contribution in [0.5, 0.6) is 0 Å². The van der Waals surface area contributed by atoms with Crippen molar-refractivity contribution in [1.29, 1.82) is 0 Å². The molecule has 1 saturated heterocycles. The SMILES string of the molecule is COC1(CNC(=O)CCCc2ccc(Cl)nn2)CCCSC1. The number of nitrogens with one attached hydrogen (secondary N) is 1. The number of rotatable bonds is 7. The number of aryl methyl sites for hydroxylation is 1. The molecule has 0 bridgehead atoms. The highest BCUT2D eigenvalue weighted by molar-refractivity contribution is 7.99. The van der Waals surface area contributed by atoms with E-state index in [1.165, 1.54) is 5.75 Å². The van der Waals surface area contributed by atoms with Gasteiger partial charge in [-0.3, -0.25) is 4.79 Å². The largest absolute Gasteiger partial charge is 0.376 e. The van der Waals surface area contributed by atoms with Crippen molar-refractivity contribution >= 4 is 29.3 Å². The summed E-state index contributed by atoms with van der Waals surface area (Å²) in [5, 5.41) is 11.2. The predicted octanol–water partition coefficient (Wildman–Crippen LogP) is 2.48. The molecule has 1 unspecified atom stereocenters. The van der Waals surface area contributed by atoms with Crippen molar-refractivity contribution in [3.63, 3.8) is 0 Å². The maximum absolute atomic E-state index is 12.0. The van der Waals surface area contributed by atoms with Gasteiger partial charge < -0.3 is 10.1 Å². The minimum atomic E-state index is -0.194. The molecule has 0 aliphatic carbocycles. The molecule has 0 aromatic carbocycles. The summed E-state index contributed by atoms with van der Waals surface area (Å²) in [6.45, 7) is 0.593. The molecule has 2 rings (SSSR count). The molecule has 1 fully saturated rings. The van der Waals surface area contributed by atoms with E-state index in [1.807, 2.05) is 17.8 Å². The van der Waals surface area contributed by atoms with Crippen LogP contribution in [0.2, 0.25) is 5.15 Å². The maximum Gasteiger partial charge on any atom is 0.220 e. The summed E-state index contributed by atoms with van der Waals surface area (Å²) in [6, 6.07) is 3.56. The van der Waals surface area contributed by atoms with Gasteiger partial charge in [0.15, 0.2) is 5.15 Å². The summed E-state index contributed by atoms with van der Waals surface area (Å²) >= 11 is 7.58. The van der Waals surface area contributed by atoms with Gasteiger partial charge in [-0.05, 0) is 43.6 Å². The lowest BCUT2D eigenvalue weighted by atomic mass is 9.99. The number of halogens is 1. The van der Waals surface area contributed by atoms with Crippen molar-refractivity contribution in [3.8, 4) is 0 Å². The van der Waals surface area contributed by atoms with Crippen LogP contribution in [-0.4, -0.2) is 46.9 Å². The smallest absolute Gasteiger partial charge is 0.220 e. The summed E-state index contributed by atoms with van der Waals surface area (Å²) in [5.41, 5.74) is 0.662. The first-order valence-electron chi connectivity index (χ1n) is 7.51. The number of amides is 1. The summed E-state index contributed by atoms with van der Waals surface area (Å²) in [7, 11) is 1.73. The van der Waals surface area contributed by atoms with Crippen LogP contribution in [0, 0.1) is 0 Å². The van der Waals surface area contributed by atoms with Gasteiger partial charge >= 0.3 is 0 Å². The highest BCUT2D eigenvalue weighted by atomic mass is 35.5. The van der Waals surface area contributed by atoms with Crippen LogP contribution in [0.4, 0.5) is 0 Å². The molecular formula is C15H22ClN3O2S. The van der Waals surface area contributed by atoms with Crippen molar-refractivity contribution in [1.82, 2.24) is 15.5 Å². The lowest BCUT2D eigenvalue weighted by molar-refractivity contribution is -0.122. The zero-order valence-electron chi connectivity index (χ0n) is 12.8. The first kappa shape index (κ1) is 17.5. The zero-order valence-corrected chi connectivity index (χ0v) is 14.4. The van der Waals surface area contributed by atoms with Gasteiger partial charge in [0.2, 0.25) is 5.91 Å². The molecular weight excluding hydrogens is 322 g/mol. The number of hydrogen-bond donors (Lipinski definition) is 1. The van der Waals surface area contributed by atoms with Gasteiger partial charge in [-0.2, -0.15) is 16.9 Å². The molecule has 1 aliphatic rings. The van der Waals surface area contributed by atoms with E-state index in [4.69, 9.17) is 16.3 Å². The van der Waals surface area contributed by atoms with Gasteiger partial charge in [-0.15, -0.1) is 5.10 Å². The number of nitrogens with zero attached hydrogens (tertiary/aromatic N) is 2.